The van der Waals surface area contributed by atoms with E-state index in [1.807, 2.05) is 13.8 Å². The van der Waals surface area contributed by atoms with Gasteiger partial charge in [0.2, 0.25) is 10.0 Å². The second kappa shape index (κ2) is 7.52. The minimum atomic E-state index is -3.62. The van der Waals surface area contributed by atoms with Crippen LogP contribution < -0.4 is 10.0 Å². The Bertz CT molecular complexity index is 1010. The van der Waals surface area contributed by atoms with Crippen LogP contribution in [0, 0.1) is 12.3 Å². The summed E-state index contributed by atoms with van der Waals surface area (Å²) in [6, 6.07) is 8.00. The van der Waals surface area contributed by atoms with Gasteiger partial charge < -0.3 is 9.73 Å². The molecule has 0 fully saturated rings. The molecule has 3 rings (SSSR count). The maximum Gasteiger partial charge on any atom is 0.287 e. The van der Waals surface area contributed by atoms with Gasteiger partial charge in [0.15, 0.2) is 11.5 Å². The fraction of sp³-hybridized carbons (Fsp3) is 0.400. The summed E-state index contributed by atoms with van der Waals surface area (Å²) in [5.41, 5.74) is 0.852. The lowest BCUT2D eigenvalue weighted by Crippen LogP contribution is -2.34. The smallest absolute Gasteiger partial charge is 0.287 e. The number of ketones is 1. The molecule has 7 nitrogen and oxygen atoms in total. The summed E-state index contributed by atoms with van der Waals surface area (Å²) < 4.78 is 32.4. The summed E-state index contributed by atoms with van der Waals surface area (Å²) in [6.07, 6.45) is 1.02. The molecule has 0 saturated heterocycles. The Morgan fingerprint density at radius 1 is 1.14 bits per heavy atom. The maximum atomic E-state index is 12.5. The molecule has 1 amide bonds. The molecule has 1 aliphatic rings. The van der Waals surface area contributed by atoms with Gasteiger partial charge in [0.05, 0.1) is 10.5 Å². The van der Waals surface area contributed by atoms with Crippen molar-refractivity contribution in [3.63, 3.8) is 0 Å². The van der Waals surface area contributed by atoms with E-state index in [9.17, 15) is 18.0 Å². The van der Waals surface area contributed by atoms with Gasteiger partial charge in [0.1, 0.15) is 5.76 Å². The van der Waals surface area contributed by atoms with E-state index in [2.05, 4.69) is 10.0 Å². The molecule has 2 N–H and O–H groups in total. The standard InChI is InChI=1S/C20H24N2O5S/c1-13-17-15(23)11-20(2,3)12-16(17)27-18(13)19(24)21-9-10-22-28(25,26)14-7-5-4-6-8-14/h4-8,22H,9-12H2,1-3H3,(H,21,24). The number of nitrogens with one attached hydrogen (secondary N) is 2. The molecule has 0 radical (unpaired) electrons. The predicted octanol–water partition coefficient (Wildman–Crippen LogP) is 2.45. The van der Waals surface area contributed by atoms with Crippen molar-refractivity contribution in [2.24, 2.45) is 5.41 Å². The van der Waals surface area contributed by atoms with Crippen LogP contribution in [-0.4, -0.2) is 33.2 Å². The van der Waals surface area contributed by atoms with Gasteiger partial charge in [-0.1, -0.05) is 32.0 Å². The van der Waals surface area contributed by atoms with Crippen molar-refractivity contribution in [3.8, 4) is 0 Å². The molecule has 0 aliphatic heterocycles. The van der Waals surface area contributed by atoms with Crippen molar-refractivity contribution in [1.29, 1.82) is 0 Å². The summed E-state index contributed by atoms with van der Waals surface area (Å²) in [4.78, 5) is 25.0. The molecular weight excluding hydrogens is 380 g/mol. The lowest BCUT2D eigenvalue weighted by atomic mass is 9.76. The van der Waals surface area contributed by atoms with Gasteiger partial charge in [0, 0.05) is 31.5 Å². The lowest BCUT2D eigenvalue weighted by molar-refractivity contribution is 0.0889. The third-order valence-corrected chi connectivity index (χ3v) is 6.22. The monoisotopic (exact) mass is 404 g/mol. The molecule has 2 aromatic rings. The zero-order chi connectivity index (χ0) is 20.5. The van der Waals surface area contributed by atoms with E-state index >= 15 is 0 Å². The van der Waals surface area contributed by atoms with Crippen molar-refractivity contribution >= 4 is 21.7 Å². The second-order valence-electron chi connectivity index (χ2n) is 7.76. The first kappa shape index (κ1) is 20.3. The molecule has 1 heterocycles. The first-order valence-corrected chi connectivity index (χ1v) is 10.6. The number of furan rings is 1. The molecule has 0 spiro atoms. The third kappa shape index (κ3) is 4.18. The van der Waals surface area contributed by atoms with Gasteiger partial charge >= 0.3 is 0 Å². The minimum Gasteiger partial charge on any atom is -0.455 e. The molecule has 28 heavy (non-hydrogen) atoms. The van der Waals surface area contributed by atoms with E-state index < -0.39 is 15.9 Å². The average molecular weight is 404 g/mol. The van der Waals surface area contributed by atoms with Crippen molar-refractivity contribution in [2.45, 2.75) is 38.5 Å². The number of rotatable bonds is 6. The van der Waals surface area contributed by atoms with Crippen LogP contribution in [0.3, 0.4) is 0 Å². The highest BCUT2D eigenvalue weighted by molar-refractivity contribution is 7.89. The molecule has 0 unspecified atom stereocenters. The minimum absolute atomic E-state index is 0.0119. The van der Waals surface area contributed by atoms with Crippen LogP contribution in [-0.2, 0) is 16.4 Å². The van der Waals surface area contributed by atoms with E-state index in [1.54, 1.807) is 25.1 Å². The normalized spacial score (nSPS) is 15.9. The topological polar surface area (TPSA) is 105 Å². The average Bonchev–Trinajstić information content (AvgIpc) is 2.94. The van der Waals surface area contributed by atoms with Crippen molar-refractivity contribution in [1.82, 2.24) is 10.0 Å². The Morgan fingerprint density at radius 2 is 1.82 bits per heavy atom. The first-order chi connectivity index (χ1) is 13.1. The number of carbonyl (C=O) groups excluding carboxylic acids is 2. The molecule has 150 valence electrons. The van der Waals surface area contributed by atoms with E-state index in [0.29, 0.717) is 29.7 Å². The molecule has 0 bridgehead atoms. The number of benzene rings is 1. The fourth-order valence-corrected chi connectivity index (χ4v) is 4.48. The molecule has 1 aliphatic carbocycles. The van der Waals surface area contributed by atoms with Crippen LogP contribution in [0.1, 0.15) is 52.5 Å². The van der Waals surface area contributed by atoms with Crippen LogP contribution in [0.4, 0.5) is 0 Å². The van der Waals surface area contributed by atoms with Crippen LogP contribution in [0.25, 0.3) is 0 Å². The summed E-state index contributed by atoms with van der Waals surface area (Å²) in [7, 11) is -3.62. The van der Waals surface area contributed by atoms with Crippen molar-refractivity contribution in [2.75, 3.05) is 13.1 Å². The van der Waals surface area contributed by atoms with E-state index in [-0.39, 0.29) is 34.9 Å². The number of Topliss-reactive ketones (excluding diaryl/α,β-unsaturated/α-hetero) is 1. The predicted molar refractivity (Wildman–Crippen MR) is 104 cm³/mol. The highest BCUT2D eigenvalue weighted by atomic mass is 32.2. The second-order valence-corrected chi connectivity index (χ2v) is 9.53. The summed E-state index contributed by atoms with van der Waals surface area (Å²) in [5.74, 6) is 0.189. The van der Waals surface area contributed by atoms with E-state index in [4.69, 9.17) is 4.42 Å². The number of hydrogen-bond acceptors (Lipinski definition) is 5. The van der Waals surface area contributed by atoms with Crippen LogP contribution in [0.2, 0.25) is 0 Å². The van der Waals surface area contributed by atoms with Crippen LogP contribution in [0.5, 0.6) is 0 Å². The van der Waals surface area contributed by atoms with Crippen molar-refractivity contribution in [3.05, 3.63) is 53.0 Å². The van der Waals surface area contributed by atoms with Gasteiger partial charge in [-0.15, -0.1) is 0 Å². The van der Waals surface area contributed by atoms with E-state index in [0.717, 1.165) is 0 Å². The third-order valence-electron chi connectivity index (χ3n) is 4.74. The first-order valence-electron chi connectivity index (χ1n) is 9.09. The molecule has 0 saturated carbocycles. The number of carbonyl (C=O) groups is 2. The maximum absolute atomic E-state index is 12.5. The summed E-state index contributed by atoms with van der Waals surface area (Å²) >= 11 is 0. The Labute approximate surface area is 164 Å². The fourth-order valence-electron chi connectivity index (χ4n) is 3.42. The Kier molecular flexibility index (Phi) is 5.45. The highest BCUT2D eigenvalue weighted by Crippen LogP contribution is 2.38. The summed E-state index contributed by atoms with van der Waals surface area (Å²) in [5, 5.41) is 2.64. The molecule has 8 heteroatoms. The lowest BCUT2D eigenvalue weighted by Gasteiger charge is -2.27. The van der Waals surface area contributed by atoms with Gasteiger partial charge in [-0.05, 0) is 24.5 Å². The van der Waals surface area contributed by atoms with Crippen LogP contribution in [0.15, 0.2) is 39.6 Å². The Hall–Kier alpha value is -2.45. The molecule has 1 aromatic heterocycles. The zero-order valence-electron chi connectivity index (χ0n) is 16.2. The molecule has 1 aromatic carbocycles. The Balaban J connectivity index is 1.61. The van der Waals surface area contributed by atoms with Gasteiger partial charge in [-0.3, -0.25) is 9.59 Å². The largest absolute Gasteiger partial charge is 0.455 e. The zero-order valence-corrected chi connectivity index (χ0v) is 17.0. The number of amides is 1. The number of fused-ring (bicyclic) bond motifs is 1. The Morgan fingerprint density at radius 3 is 2.50 bits per heavy atom. The van der Waals surface area contributed by atoms with Gasteiger partial charge in [-0.25, -0.2) is 13.1 Å². The van der Waals surface area contributed by atoms with E-state index in [1.165, 1.54) is 12.1 Å². The van der Waals surface area contributed by atoms with Crippen molar-refractivity contribution < 1.29 is 22.4 Å². The van der Waals surface area contributed by atoms with Gasteiger partial charge in [-0.2, -0.15) is 0 Å². The van der Waals surface area contributed by atoms with Crippen LogP contribution >= 0.6 is 0 Å². The molecular formula is C20H24N2O5S. The summed E-state index contributed by atoms with van der Waals surface area (Å²) in [6.45, 7) is 5.81. The quantitative estimate of drug-likeness (QED) is 0.720. The van der Waals surface area contributed by atoms with Gasteiger partial charge in [0.25, 0.3) is 5.91 Å². The number of sulfonamides is 1. The molecule has 0 atom stereocenters. The highest BCUT2D eigenvalue weighted by Gasteiger charge is 2.37. The SMILES string of the molecule is Cc1c(C(=O)NCCNS(=O)(=O)c2ccccc2)oc2c1C(=O)CC(C)(C)C2. The number of hydrogen-bond donors (Lipinski definition) is 2.